The van der Waals surface area contributed by atoms with Crippen LogP contribution in [0.2, 0.25) is 0 Å². The average molecular weight is 317 g/mol. The standard InChI is InChI=1S/C14H13BrN4/c15-14-12(10-18-8-2-6-16-18)4-1-5-13(14)11-19-9-3-7-17-19/h1-9H,10-11H2. The molecule has 2 aromatic heterocycles. The van der Waals surface area contributed by atoms with Crippen LogP contribution in [-0.4, -0.2) is 19.6 Å². The average Bonchev–Trinajstić information content (AvgIpc) is 3.07. The summed E-state index contributed by atoms with van der Waals surface area (Å²) in [5, 5.41) is 8.47. The number of rotatable bonds is 4. The molecule has 0 saturated heterocycles. The molecule has 4 nitrogen and oxygen atoms in total. The van der Waals surface area contributed by atoms with E-state index in [2.05, 4.69) is 44.3 Å². The van der Waals surface area contributed by atoms with Crippen molar-refractivity contribution in [1.29, 1.82) is 0 Å². The van der Waals surface area contributed by atoms with Gasteiger partial charge in [0.2, 0.25) is 0 Å². The molecule has 96 valence electrons. The summed E-state index contributed by atoms with van der Waals surface area (Å²) in [5.74, 6) is 0. The molecular weight excluding hydrogens is 304 g/mol. The highest BCUT2D eigenvalue weighted by atomic mass is 79.9. The highest BCUT2D eigenvalue weighted by Gasteiger charge is 2.07. The summed E-state index contributed by atoms with van der Waals surface area (Å²) < 4.78 is 4.95. The molecule has 0 aliphatic carbocycles. The lowest BCUT2D eigenvalue weighted by atomic mass is 10.1. The van der Waals surface area contributed by atoms with Gasteiger partial charge < -0.3 is 0 Å². The van der Waals surface area contributed by atoms with Crippen molar-refractivity contribution >= 4 is 15.9 Å². The van der Waals surface area contributed by atoms with Crippen molar-refractivity contribution in [1.82, 2.24) is 19.6 Å². The van der Waals surface area contributed by atoms with Gasteiger partial charge in [-0.1, -0.05) is 34.1 Å². The second kappa shape index (κ2) is 5.40. The fraction of sp³-hybridized carbons (Fsp3) is 0.143. The van der Waals surface area contributed by atoms with Crippen molar-refractivity contribution in [3.8, 4) is 0 Å². The summed E-state index contributed by atoms with van der Waals surface area (Å²) in [6.07, 6.45) is 7.52. The largest absolute Gasteiger partial charge is 0.268 e. The first-order valence-corrected chi connectivity index (χ1v) is 6.83. The Morgan fingerprint density at radius 2 is 1.37 bits per heavy atom. The minimum atomic E-state index is 0.764. The maximum Gasteiger partial charge on any atom is 0.0670 e. The summed E-state index contributed by atoms with van der Waals surface area (Å²) >= 11 is 3.69. The first-order valence-electron chi connectivity index (χ1n) is 6.04. The molecule has 0 spiro atoms. The third-order valence-corrected chi connectivity index (χ3v) is 3.96. The van der Waals surface area contributed by atoms with Crippen molar-refractivity contribution in [2.75, 3.05) is 0 Å². The fourth-order valence-corrected chi connectivity index (χ4v) is 2.53. The van der Waals surface area contributed by atoms with Gasteiger partial charge in [0, 0.05) is 29.3 Å². The smallest absolute Gasteiger partial charge is 0.0670 e. The second-order valence-corrected chi connectivity index (χ2v) is 5.09. The number of hydrogen-bond acceptors (Lipinski definition) is 2. The molecule has 0 bridgehead atoms. The molecule has 0 saturated carbocycles. The number of benzene rings is 1. The first-order chi connectivity index (χ1) is 9.33. The van der Waals surface area contributed by atoms with Crippen molar-refractivity contribution in [3.63, 3.8) is 0 Å². The van der Waals surface area contributed by atoms with E-state index < -0.39 is 0 Å². The summed E-state index contributed by atoms with van der Waals surface area (Å²) in [4.78, 5) is 0. The maximum absolute atomic E-state index is 4.24. The third-order valence-electron chi connectivity index (χ3n) is 2.94. The van der Waals surface area contributed by atoms with Crippen LogP contribution < -0.4 is 0 Å². The van der Waals surface area contributed by atoms with Crippen LogP contribution in [-0.2, 0) is 13.1 Å². The Morgan fingerprint density at radius 3 is 1.79 bits per heavy atom. The van der Waals surface area contributed by atoms with Gasteiger partial charge in [0.05, 0.1) is 13.1 Å². The predicted molar refractivity (Wildman–Crippen MR) is 76.8 cm³/mol. The molecule has 0 radical (unpaired) electrons. The van der Waals surface area contributed by atoms with E-state index in [0.29, 0.717) is 0 Å². The van der Waals surface area contributed by atoms with E-state index in [0.717, 1.165) is 17.6 Å². The summed E-state index contributed by atoms with van der Waals surface area (Å²) in [7, 11) is 0. The van der Waals surface area contributed by atoms with Crippen LogP contribution in [0.4, 0.5) is 0 Å². The van der Waals surface area contributed by atoms with Crippen LogP contribution in [0.3, 0.4) is 0 Å². The number of halogens is 1. The van der Waals surface area contributed by atoms with E-state index >= 15 is 0 Å². The van der Waals surface area contributed by atoms with Crippen molar-refractivity contribution in [3.05, 3.63) is 70.7 Å². The van der Waals surface area contributed by atoms with Gasteiger partial charge in [-0.2, -0.15) is 10.2 Å². The molecule has 0 aliphatic heterocycles. The number of nitrogens with zero attached hydrogens (tertiary/aromatic N) is 4. The molecule has 3 rings (SSSR count). The Hall–Kier alpha value is -1.88. The van der Waals surface area contributed by atoms with Gasteiger partial charge >= 0.3 is 0 Å². The van der Waals surface area contributed by atoms with Gasteiger partial charge in [-0.25, -0.2) is 0 Å². The molecular formula is C14H13BrN4. The monoisotopic (exact) mass is 316 g/mol. The van der Waals surface area contributed by atoms with Crippen molar-refractivity contribution in [2.45, 2.75) is 13.1 Å². The molecule has 0 N–H and O–H groups in total. The third kappa shape index (κ3) is 2.76. The predicted octanol–water partition coefficient (Wildman–Crippen LogP) is 2.94. The van der Waals surface area contributed by atoms with E-state index in [1.807, 2.05) is 33.9 Å². The topological polar surface area (TPSA) is 35.6 Å². The molecule has 0 fully saturated rings. The molecule has 1 aromatic carbocycles. The van der Waals surface area contributed by atoms with Gasteiger partial charge in [-0.15, -0.1) is 0 Å². The Kier molecular flexibility index (Phi) is 3.46. The van der Waals surface area contributed by atoms with Crippen LogP contribution in [0.25, 0.3) is 0 Å². The fourth-order valence-electron chi connectivity index (χ4n) is 2.01. The Morgan fingerprint density at radius 1 is 0.842 bits per heavy atom. The second-order valence-electron chi connectivity index (χ2n) is 4.30. The zero-order chi connectivity index (χ0) is 13.1. The van der Waals surface area contributed by atoms with Gasteiger partial charge in [0.15, 0.2) is 0 Å². The zero-order valence-electron chi connectivity index (χ0n) is 10.3. The van der Waals surface area contributed by atoms with E-state index in [9.17, 15) is 0 Å². The van der Waals surface area contributed by atoms with E-state index in [1.165, 1.54) is 11.1 Å². The van der Waals surface area contributed by atoms with Crippen molar-refractivity contribution in [2.24, 2.45) is 0 Å². The summed E-state index contributed by atoms with van der Waals surface area (Å²) in [6, 6.07) is 10.2. The molecule has 0 aliphatic rings. The lowest BCUT2D eigenvalue weighted by Crippen LogP contribution is -2.05. The quantitative estimate of drug-likeness (QED) is 0.742. The van der Waals surface area contributed by atoms with Gasteiger partial charge in [0.25, 0.3) is 0 Å². The lowest BCUT2D eigenvalue weighted by Gasteiger charge is -2.10. The van der Waals surface area contributed by atoms with Crippen LogP contribution in [0, 0.1) is 0 Å². The van der Waals surface area contributed by atoms with Crippen LogP contribution in [0.5, 0.6) is 0 Å². The molecule has 0 atom stereocenters. The Labute approximate surface area is 119 Å². The zero-order valence-corrected chi connectivity index (χ0v) is 11.9. The summed E-state index contributed by atoms with van der Waals surface area (Å²) in [5.41, 5.74) is 2.43. The van der Waals surface area contributed by atoms with Crippen molar-refractivity contribution < 1.29 is 0 Å². The van der Waals surface area contributed by atoms with E-state index in [-0.39, 0.29) is 0 Å². The first kappa shape index (κ1) is 12.2. The SMILES string of the molecule is Brc1c(Cn2cccn2)cccc1Cn1cccn1. The van der Waals surface area contributed by atoms with Gasteiger partial charge in [0.1, 0.15) is 0 Å². The molecule has 0 unspecified atom stereocenters. The molecule has 0 amide bonds. The Bertz CT molecular complexity index is 590. The summed E-state index contributed by atoms with van der Waals surface area (Å²) in [6.45, 7) is 1.53. The maximum atomic E-state index is 4.24. The number of hydrogen-bond donors (Lipinski definition) is 0. The molecule has 2 heterocycles. The van der Waals surface area contributed by atoms with E-state index in [1.54, 1.807) is 12.4 Å². The van der Waals surface area contributed by atoms with Gasteiger partial charge in [-0.3, -0.25) is 9.36 Å². The minimum absolute atomic E-state index is 0.764. The Balaban J connectivity index is 1.86. The molecule has 3 aromatic rings. The molecule has 5 heteroatoms. The van der Waals surface area contributed by atoms with E-state index in [4.69, 9.17) is 0 Å². The van der Waals surface area contributed by atoms with Crippen LogP contribution in [0.1, 0.15) is 11.1 Å². The highest BCUT2D eigenvalue weighted by molar-refractivity contribution is 9.10. The van der Waals surface area contributed by atoms with Gasteiger partial charge in [-0.05, 0) is 23.3 Å². The van der Waals surface area contributed by atoms with Crippen LogP contribution >= 0.6 is 15.9 Å². The normalized spacial score (nSPS) is 10.8. The van der Waals surface area contributed by atoms with Crippen LogP contribution in [0.15, 0.2) is 59.6 Å². The lowest BCUT2D eigenvalue weighted by molar-refractivity contribution is 0.670. The molecule has 19 heavy (non-hydrogen) atoms. The minimum Gasteiger partial charge on any atom is -0.268 e. The highest BCUT2D eigenvalue weighted by Crippen LogP contribution is 2.23. The number of aromatic nitrogens is 4.